The van der Waals surface area contributed by atoms with Gasteiger partial charge in [0.15, 0.2) is 10.9 Å². The van der Waals surface area contributed by atoms with E-state index in [4.69, 9.17) is 13.9 Å². The number of amides is 1. The van der Waals surface area contributed by atoms with Gasteiger partial charge in [-0.15, -0.1) is 10.2 Å². The molecule has 158 valence electrons. The van der Waals surface area contributed by atoms with Gasteiger partial charge in [0.05, 0.1) is 31.3 Å². The average Bonchev–Trinajstić information content (AvgIpc) is 3.51. The van der Waals surface area contributed by atoms with Gasteiger partial charge in [-0.05, 0) is 56.2 Å². The van der Waals surface area contributed by atoms with Gasteiger partial charge in [-0.25, -0.2) is 0 Å². The highest BCUT2D eigenvalue weighted by atomic mass is 32.2. The number of thioether (sulfide) groups is 1. The molecule has 1 aliphatic heterocycles. The molecule has 3 aromatic rings. The number of anilines is 1. The summed E-state index contributed by atoms with van der Waals surface area (Å²) in [6.07, 6.45) is 3.78. The maximum Gasteiger partial charge on any atom is 0.234 e. The number of furan rings is 1. The van der Waals surface area contributed by atoms with Crippen molar-refractivity contribution in [2.45, 2.75) is 37.6 Å². The van der Waals surface area contributed by atoms with Crippen LogP contribution in [0.2, 0.25) is 0 Å². The molecule has 1 fully saturated rings. The third-order valence-electron chi connectivity index (χ3n) is 4.65. The second-order valence-corrected chi connectivity index (χ2v) is 7.77. The number of hydrogen-bond acceptors (Lipinski definition) is 7. The quantitative estimate of drug-likeness (QED) is 0.518. The maximum absolute atomic E-state index is 12.4. The predicted molar refractivity (Wildman–Crippen MR) is 114 cm³/mol. The smallest absolute Gasteiger partial charge is 0.234 e. The van der Waals surface area contributed by atoms with Crippen LogP contribution in [0.3, 0.4) is 0 Å². The normalized spacial score (nSPS) is 16.0. The summed E-state index contributed by atoms with van der Waals surface area (Å²) >= 11 is 1.34. The second kappa shape index (κ2) is 9.82. The molecule has 8 nitrogen and oxygen atoms in total. The van der Waals surface area contributed by atoms with Crippen LogP contribution in [0.1, 0.15) is 19.8 Å². The standard InChI is InChI=1S/C21H24N4O4S/c1-2-27-16-9-7-15(8-10-16)22-19(26)14-30-21-24-23-20(18-6-4-12-29-18)25(21)13-17-5-3-11-28-17/h4,6-10,12,17H,2-3,5,11,13-14H2,1H3,(H,22,26). The summed E-state index contributed by atoms with van der Waals surface area (Å²) in [4.78, 5) is 12.4. The van der Waals surface area contributed by atoms with Crippen LogP contribution in [0, 0.1) is 0 Å². The molecular formula is C21H24N4O4S. The van der Waals surface area contributed by atoms with Gasteiger partial charge >= 0.3 is 0 Å². The van der Waals surface area contributed by atoms with Crippen LogP contribution < -0.4 is 10.1 Å². The highest BCUT2D eigenvalue weighted by Crippen LogP contribution is 2.27. The van der Waals surface area contributed by atoms with E-state index >= 15 is 0 Å². The number of hydrogen-bond donors (Lipinski definition) is 1. The summed E-state index contributed by atoms with van der Waals surface area (Å²) in [6, 6.07) is 11.0. The van der Waals surface area contributed by atoms with Crippen molar-refractivity contribution in [1.29, 1.82) is 0 Å². The highest BCUT2D eigenvalue weighted by molar-refractivity contribution is 7.99. The lowest BCUT2D eigenvalue weighted by Crippen LogP contribution is -2.18. The van der Waals surface area contributed by atoms with E-state index in [1.165, 1.54) is 11.8 Å². The summed E-state index contributed by atoms with van der Waals surface area (Å²) < 4.78 is 18.7. The topological polar surface area (TPSA) is 91.4 Å². The number of nitrogens with one attached hydrogen (secondary N) is 1. The van der Waals surface area contributed by atoms with Gasteiger partial charge in [-0.2, -0.15) is 0 Å². The van der Waals surface area contributed by atoms with Crippen LogP contribution >= 0.6 is 11.8 Å². The van der Waals surface area contributed by atoms with Crippen molar-refractivity contribution in [3.8, 4) is 17.3 Å². The first-order valence-corrected chi connectivity index (χ1v) is 11.0. The Kier molecular flexibility index (Phi) is 6.70. The molecule has 9 heteroatoms. The fraction of sp³-hybridized carbons (Fsp3) is 0.381. The molecule has 1 unspecified atom stereocenters. The molecule has 0 radical (unpaired) electrons. The molecule has 1 amide bonds. The van der Waals surface area contributed by atoms with Gasteiger partial charge in [-0.1, -0.05) is 11.8 Å². The Balaban J connectivity index is 1.41. The number of rotatable bonds is 9. The monoisotopic (exact) mass is 428 g/mol. The Morgan fingerprint density at radius 3 is 2.87 bits per heavy atom. The lowest BCUT2D eigenvalue weighted by Gasteiger charge is -2.14. The minimum absolute atomic E-state index is 0.115. The van der Waals surface area contributed by atoms with E-state index in [1.54, 1.807) is 6.26 Å². The SMILES string of the molecule is CCOc1ccc(NC(=O)CSc2nnc(-c3ccco3)n2CC2CCCO2)cc1. The number of aromatic nitrogens is 3. The molecule has 0 aliphatic carbocycles. The third-order valence-corrected chi connectivity index (χ3v) is 5.62. The first-order chi connectivity index (χ1) is 14.7. The zero-order valence-corrected chi connectivity index (χ0v) is 17.6. The van der Waals surface area contributed by atoms with Crippen molar-refractivity contribution in [3.63, 3.8) is 0 Å². The van der Waals surface area contributed by atoms with Crippen LogP contribution in [0.25, 0.3) is 11.6 Å². The van der Waals surface area contributed by atoms with Crippen LogP contribution in [-0.2, 0) is 16.1 Å². The van der Waals surface area contributed by atoms with E-state index in [2.05, 4.69) is 15.5 Å². The minimum Gasteiger partial charge on any atom is -0.494 e. The van der Waals surface area contributed by atoms with Gasteiger partial charge in [0.25, 0.3) is 0 Å². The molecule has 0 saturated carbocycles. The van der Waals surface area contributed by atoms with Crippen LogP contribution in [0.5, 0.6) is 5.75 Å². The summed E-state index contributed by atoms with van der Waals surface area (Å²) in [5.41, 5.74) is 0.723. The van der Waals surface area contributed by atoms with Crippen LogP contribution in [0.15, 0.2) is 52.2 Å². The van der Waals surface area contributed by atoms with Crippen molar-refractivity contribution in [2.24, 2.45) is 0 Å². The fourth-order valence-electron chi connectivity index (χ4n) is 3.27. The third kappa shape index (κ3) is 5.03. The molecule has 1 aromatic carbocycles. The Morgan fingerprint density at radius 1 is 1.30 bits per heavy atom. The molecule has 1 N–H and O–H groups in total. The summed E-state index contributed by atoms with van der Waals surface area (Å²) in [6.45, 7) is 3.94. The van der Waals surface area contributed by atoms with E-state index in [0.29, 0.717) is 29.9 Å². The molecule has 4 rings (SSSR count). The highest BCUT2D eigenvalue weighted by Gasteiger charge is 2.23. The Bertz CT molecular complexity index is 950. The first-order valence-electron chi connectivity index (χ1n) is 9.97. The second-order valence-electron chi connectivity index (χ2n) is 6.82. The van der Waals surface area contributed by atoms with E-state index in [0.717, 1.165) is 30.9 Å². The molecule has 3 heterocycles. The van der Waals surface area contributed by atoms with Crippen LogP contribution in [0.4, 0.5) is 5.69 Å². The lowest BCUT2D eigenvalue weighted by molar-refractivity contribution is -0.113. The molecule has 0 bridgehead atoms. The largest absolute Gasteiger partial charge is 0.494 e. The minimum atomic E-state index is -0.115. The Hall–Kier alpha value is -2.78. The Labute approximate surface area is 179 Å². The van der Waals surface area contributed by atoms with E-state index < -0.39 is 0 Å². The van der Waals surface area contributed by atoms with E-state index in [1.807, 2.05) is 47.9 Å². The molecule has 1 aliphatic rings. The van der Waals surface area contributed by atoms with Crippen LogP contribution in [-0.4, -0.2) is 45.7 Å². The van der Waals surface area contributed by atoms with E-state index in [-0.39, 0.29) is 17.8 Å². The average molecular weight is 429 g/mol. The first kappa shape index (κ1) is 20.5. The fourth-order valence-corrected chi connectivity index (χ4v) is 4.02. The summed E-state index contributed by atoms with van der Waals surface area (Å²) in [5.74, 6) is 2.17. The number of benzene rings is 1. The molecule has 30 heavy (non-hydrogen) atoms. The van der Waals surface area contributed by atoms with E-state index in [9.17, 15) is 4.79 Å². The Morgan fingerprint density at radius 2 is 2.17 bits per heavy atom. The van der Waals surface area contributed by atoms with Gasteiger partial charge in [0, 0.05) is 12.3 Å². The number of carbonyl (C=O) groups is 1. The summed E-state index contributed by atoms with van der Waals surface area (Å²) in [5, 5.41) is 12.1. The van der Waals surface area contributed by atoms with Gasteiger partial charge in [0.2, 0.25) is 11.7 Å². The predicted octanol–water partition coefficient (Wildman–Crippen LogP) is 3.85. The van der Waals surface area contributed by atoms with Crippen molar-refractivity contribution in [2.75, 3.05) is 24.3 Å². The van der Waals surface area contributed by atoms with Crippen molar-refractivity contribution >= 4 is 23.4 Å². The number of carbonyl (C=O) groups excluding carboxylic acids is 1. The molecular weight excluding hydrogens is 404 g/mol. The summed E-state index contributed by atoms with van der Waals surface area (Å²) in [7, 11) is 0. The number of nitrogens with zero attached hydrogens (tertiary/aromatic N) is 3. The zero-order valence-electron chi connectivity index (χ0n) is 16.7. The van der Waals surface area contributed by atoms with Gasteiger partial charge < -0.3 is 19.2 Å². The van der Waals surface area contributed by atoms with Crippen molar-refractivity contribution in [3.05, 3.63) is 42.7 Å². The zero-order chi connectivity index (χ0) is 20.8. The number of ether oxygens (including phenoxy) is 2. The lowest BCUT2D eigenvalue weighted by atomic mass is 10.2. The molecule has 1 atom stereocenters. The van der Waals surface area contributed by atoms with Gasteiger partial charge in [0.1, 0.15) is 5.75 Å². The van der Waals surface area contributed by atoms with Gasteiger partial charge in [-0.3, -0.25) is 9.36 Å². The van der Waals surface area contributed by atoms with Crippen molar-refractivity contribution in [1.82, 2.24) is 14.8 Å². The maximum atomic E-state index is 12.4. The van der Waals surface area contributed by atoms with Crippen molar-refractivity contribution < 1.29 is 18.7 Å². The molecule has 0 spiro atoms. The molecule has 2 aromatic heterocycles. The molecule has 1 saturated heterocycles.